The number of benzene rings is 1. The second kappa shape index (κ2) is 6.25. The van der Waals surface area contributed by atoms with Gasteiger partial charge in [-0.15, -0.1) is 0 Å². The summed E-state index contributed by atoms with van der Waals surface area (Å²) in [6.07, 6.45) is 2.37. The van der Waals surface area contributed by atoms with Gasteiger partial charge in [-0.2, -0.15) is 4.68 Å². The number of aromatic nitrogens is 2. The number of aryl methyl sites for hydroxylation is 2. The highest BCUT2D eigenvalue weighted by molar-refractivity contribution is 5.95. The first-order valence-electron chi connectivity index (χ1n) is 6.44. The second-order valence-corrected chi connectivity index (χ2v) is 4.69. The standard InChI is InChI=1S/C14H14FN3O3/c1-10-9-17(16-14(10)18(20)21)8-2-3-13(19)11-4-6-12(15)7-5-11/h4-7,9H,2-3,8H2,1H3. The number of rotatable bonds is 6. The molecule has 2 aromatic rings. The van der Waals surface area contributed by atoms with Crippen molar-refractivity contribution in [1.29, 1.82) is 0 Å². The average Bonchev–Trinajstić information content (AvgIpc) is 2.80. The highest BCUT2D eigenvalue weighted by atomic mass is 19.1. The zero-order chi connectivity index (χ0) is 15.4. The van der Waals surface area contributed by atoms with Crippen LogP contribution in [0, 0.1) is 22.9 Å². The molecule has 2 rings (SSSR count). The van der Waals surface area contributed by atoms with Crippen LogP contribution in [0.2, 0.25) is 0 Å². The van der Waals surface area contributed by atoms with E-state index < -0.39 is 4.92 Å². The Morgan fingerprint density at radius 2 is 2.05 bits per heavy atom. The molecule has 110 valence electrons. The Kier molecular flexibility index (Phi) is 4.42. The van der Waals surface area contributed by atoms with Crippen molar-refractivity contribution in [1.82, 2.24) is 9.78 Å². The number of ketones is 1. The van der Waals surface area contributed by atoms with Crippen molar-refractivity contribution in [3.05, 3.63) is 57.5 Å². The van der Waals surface area contributed by atoms with Crippen molar-refractivity contribution in [3.63, 3.8) is 0 Å². The Hall–Kier alpha value is -2.57. The molecule has 1 heterocycles. The number of nitro groups is 1. The van der Waals surface area contributed by atoms with Gasteiger partial charge in [-0.3, -0.25) is 4.79 Å². The molecule has 1 aromatic heterocycles. The molecule has 0 fully saturated rings. The SMILES string of the molecule is Cc1cn(CCCC(=O)c2ccc(F)cc2)nc1[N+](=O)[O-]. The van der Waals surface area contributed by atoms with Crippen LogP contribution >= 0.6 is 0 Å². The van der Waals surface area contributed by atoms with Gasteiger partial charge in [0, 0.05) is 12.0 Å². The summed E-state index contributed by atoms with van der Waals surface area (Å²) in [7, 11) is 0. The van der Waals surface area contributed by atoms with Crippen molar-refractivity contribution >= 4 is 11.6 Å². The van der Waals surface area contributed by atoms with Crippen LogP contribution in [0.5, 0.6) is 0 Å². The molecule has 0 saturated carbocycles. The minimum Gasteiger partial charge on any atom is -0.358 e. The van der Waals surface area contributed by atoms with Crippen LogP contribution < -0.4 is 0 Å². The molecule has 0 aliphatic carbocycles. The van der Waals surface area contributed by atoms with Crippen molar-refractivity contribution in [2.24, 2.45) is 0 Å². The first-order chi connectivity index (χ1) is 9.97. The summed E-state index contributed by atoms with van der Waals surface area (Å²) < 4.78 is 14.2. The second-order valence-electron chi connectivity index (χ2n) is 4.69. The Bertz CT molecular complexity index is 665. The Labute approximate surface area is 120 Å². The summed E-state index contributed by atoms with van der Waals surface area (Å²) in [5.41, 5.74) is 0.948. The molecule has 0 unspecified atom stereocenters. The normalized spacial score (nSPS) is 10.6. The fraction of sp³-hybridized carbons (Fsp3) is 0.286. The van der Waals surface area contributed by atoms with Gasteiger partial charge in [-0.25, -0.2) is 4.39 Å². The van der Waals surface area contributed by atoms with E-state index in [1.807, 2.05) is 0 Å². The van der Waals surface area contributed by atoms with Crippen molar-refractivity contribution in [2.75, 3.05) is 0 Å². The summed E-state index contributed by atoms with van der Waals surface area (Å²) in [6, 6.07) is 5.38. The maximum absolute atomic E-state index is 12.8. The van der Waals surface area contributed by atoms with Crippen LogP contribution in [0.4, 0.5) is 10.2 Å². The number of Topliss-reactive ketones (excluding diaryl/α,β-unsaturated/α-hetero) is 1. The first kappa shape index (κ1) is 14.8. The van der Waals surface area contributed by atoms with Gasteiger partial charge < -0.3 is 10.1 Å². The number of hydrogen-bond acceptors (Lipinski definition) is 4. The molecular formula is C14H14FN3O3. The maximum Gasteiger partial charge on any atom is 0.392 e. The molecule has 1 aromatic carbocycles. The topological polar surface area (TPSA) is 78.0 Å². The molecule has 0 saturated heterocycles. The summed E-state index contributed by atoms with van der Waals surface area (Å²) in [6.45, 7) is 2.03. The zero-order valence-electron chi connectivity index (χ0n) is 11.5. The number of carbonyl (C=O) groups is 1. The maximum atomic E-state index is 12.8. The van der Waals surface area contributed by atoms with Gasteiger partial charge in [0.2, 0.25) is 0 Å². The van der Waals surface area contributed by atoms with Crippen molar-refractivity contribution in [3.8, 4) is 0 Å². The van der Waals surface area contributed by atoms with E-state index in [-0.39, 0.29) is 23.8 Å². The molecule has 0 atom stereocenters. The molecule has 6 nitrogen and oxygen atoms in total. The van der Waals surface area contributed by atoms with E-state index in [4.69, 9.17) is 0 Å². The molecule has 0 N–H and O–H groups in total. The third-order valence-corrected chi connectivity index (χ3v) is 3.05. The average molecular weight is 291 g/mol. The van der Waals surface area contributed by atoms with E-state index in [0.29, 0.717) is 24.1 Å². The predicted molar refractivity (Wildman–Crippen MR) is 73.6 cm³/mol. The third-order valence-electron chi connectivity index (χ3n) is 3.05. The molecule has 0 spiro atoms. The van der Waals surface area contributed by atoms with Gasteiger partial charge >= 0.3 is 5.82 Å². The zero-order valence-corrected chi connectivity index (χ0v) is 11.5. The quantitative estimate of drug-likeness (QED) is 0.465. The molecule has 0 amide bonds. The third kappa shape index (κ3) is 3.71. The largest absolute Gasteiger partial charge is 0.392 e. The van der Waals surface area contributed by atoms with Gasteiger partial charge in [-0.05, 0) is 42.5 Å². The number of carbonyl (C=O) groups excluding carboxylic acids is 1. The van der Waals surface area contributed by atoms with Gasteiger partial charge in [-0.1, -0.05) is 0 Å². The number of nitrogens with zero attached hydrogens (tertiary/aromatic N) is 3. The summed E-state index contributed by atoms with van der Waals surface area (Å²) in [5.74, 6) is -0.640. The number of halogens is 1. The smallest absolute Gasteiger partial charge is 0.358 e. The Morgan fingerprint density at radius 1 is 1.38 bits per heavy atom. The highest BCUT2D eigenvalue weighted by Gasteiger charge is 2.16. The molecule has 21 heavy (non-hydrogen) atoms. The predicted octanol–water partition coefficient (Wildman–Crippen LogP) is 2.90. The fourth-order valence-electron chi connectivity index (χ4n) is 1.99. The van der Waals surface area contributed by atoms with Gasteiger partial charge in [0.1, 0.15) is 5.82 Å². The van der Waals surface area contributed by atoms with E-state index in [1.165, 1.54) is 28.9 Å². The fourth-order valence-corrected chi connectivity index (χ4v) is 1.99. The molecule has 7 heteroatoms. The van der Waals surface area contributed by atoms with E-state index in [2.05, 4.69) is 5.10 Å². The van der Waals surface area contributed by atoms with E-state index in [0.717, 1.165) is 0 Å². The van der Waals surface area contributed by atoms with E-state index in [1.54, 1.807) is 13.1 Å². The van der Waals surface area contributed by atoms with E-state index >= 15 is 0 Å². The van der Waals surface area contributed by atoms with Crippen LogP contribution in [0.25, 0.3) is 0 Å². The van der Waals surface area contributed by atoms with Crippen LogP contribution in [0.15, 0.2) is 30.5 Å². The lowest BCUT2D eigenvalue weighted by Gasteiger charge is -2.00. The van der Waals surface area contributed by atoms with Gasteiger partial charge in [0.25, 0.3) is 0 Å². The minimum atomic E-state index is -0.532. The Morgan fingerprint density at radius 3 is 2.62 bits per heavy atom. The molecule has 0 radical (unpaired) electrons. The summed E-state index contributed by atoms with van der Waals surface area (Å²) in [5, 5.41) is 14.5. The highest BCUT2D eigenvalue weighted by Crippen LogP contribution is 2.14. The Balaban J connectivity index is 1.89. The number of hydrogen-bond donors (Lipinski definition) is 0. The lowest BCUT2D eigenvalue weighted by atomic mass is 10.1. The lowest BCUT2D eigenvalue weighted by Crippen LogP contribution is -2.04. The van der Waals surface area contributed by atoms with Crippen LogP contribution in [-0.4, -0.2) is 20.5 Å². The molecular weight excluding hydrogens is 277 g/mol. The minimum absolute atomic E-state index is 0.0895. The van der Waals surface area contributed by atoms with Crippen LogP contribution in [-0.2, 0) is 6.54 Å². The van der Waals surface area contributed by atoms with Crippen LogP contribution in [0.3, 0.4) is 0 Å². The molecule has 0 bridgehead atoms. The van der Waals surface area contributed by atoms with Crippen molar-refractivity contribution in [2.45, 2.75) is 26.3 Å². The van der Waals surface area contributed by atoms with Crippen LogP contribution in [0.1, 0.15) is 28.8 Å². The molecule has 0 aliphatic heterocycles. The lowest BCUT2D eigenvalue weighted by molar-refractivity contribution is -0.390. The summed E-state index contributed by atoms with van der Waals surface area (Å²) in [4.78, 5) is 22.0. The summed E-state index contributed by atoms with van der Waals surface area (Å²) >= 11 is 0. The first-order valence-corrected chi connectivity index (χ1v) is 6.44. The van der Waals surface area contributed by atoms with Crippen molar-refractivity contribution < 1.29 is 14.1 Å². The van der Waals surface area contributed by atoms with E-state index in [9.17, 15) is 19.3 Å². The monoisotopic (exact) mass is 291 g/mol. The van der Waals surface area contributed by atoms with Gasteiger partial charge in [0.05, 0.1) is 23.4 Å². The molecule has 0 aliphatic rings. The van der Waals surface area contributed by atoms with Gasteiger partial charge in [0.15, 0.2) is 5.78 Å².